The van der Waals surface area contributed by atoms with E-state index in [4.69, 9.17) is 4.74 Å². The Morgan fingerprint density at radius 2 is 1.72 bits per heavy atom. The zero-order valence-electron chi connectivity index (χ0n) is 16.8. The number of rotatable bonds is 6. The van der Waals surface area contributed by atoms with Crippen LogP contribution in [0.25, 0.3) is 0 Å². The highest BCUT2D eigenvalue weighted by atomic mass is 16.5. The van der Waals surface area contributed by atoms with Crippen molar-refractivity contribution >= 4 is 17.6 Å². The molecule has 0 aliphatic carbocycles. The number of carbonyl (C=O) groups excluding carboxylic acids is 2. The summed E-state index contributed by atoms with van der Waals surface area (Å²) in [7, 11) is 0. The fraction of sp³-hybridized carbons (Fsp3) is 0.273. The van der Waals surface area contributed by atoms with Gasteiger partial charge in [-0.3, -0.25) is 4.79 Å². The summed E-state index contributed by atoms with van der Waals surface area (Å²) < 4.78 is 6.79. The summed E-state index contributed by atoms with van der Waals surface area (Å²) in [4.78, 5) is 28.1. The van der Waals surface area contributed by atoms with E-state index in [0.717, 1.165) is 5.56 Å². The number of carbonyl (C=O) groups is 2. The summed E-state index contributed by atoms with van der Waals surface area (Å²) in [6, 6.07) is 14.6. The van der Waals surface area contributed by atoms with E-state index < -0.39 is 5.97 Å². The maximum Gasteiger partial charge on any atom is 0.338 e. The Morgan fingerprint density at radius 3 is 2.31 bits per heavy atom. The van der Waals surface area contributed by atoms with Crippen LogP contribution in [-0.2, 0) is 21.5 Å². The highest BCUT2D eigenvalue weighted by Crippen LogP contribution is 2.23. The van der Waals surface area contributed by atoms with E-state index in [1.807, 2.05) is 36.4 Å². The molecule has 0 aliphatic rings. The third kappa shape index (κ3) is 5.75. The third-order valence-corrected chi connectivity index (χ3v) is 4.37. The van der Waals surface area contributed by atoms with Crippen molar-refractivity contribution in [3.63, 3.8) is 0 Å². The van der Waals surface area contributed by atoms with Gasteiger partial charge in [0.2, 0.25) is 0 Å². The SMILES string of the molecule is CC(C)(C)c1ccc(NC(=O)COC(=O)c2ccc(Cn3cncn3)cc2)cc1. The van der Waals surface area contributed by atoms with Gasteiger partial charge in [0.25, 0.3) is 5.91 Å². The Balaban J connectivity index is 1.49. The van der Waals surface area contributed by atoms with Crippen molar-refractivity contribution < 1.29 is 14.3 Å². The molecule has 1 N–H and O–H groups in total. The summed E-state index contributed by atoms with van der Waals surface area (Å²) in [6.45, 7) is 6.59. The summed E-state index contributed by atoms with van der Waals surface area (Å²) in [5, 5.41) is 6.77. The van der Waals surface area contributed by atoms with Crippen molar-refractivity contribution in [3.8, 4) is 0 Å². The first-order valence-corrected chi connectivity index (χ1v) is 9.30. The second-order valence-corrected chi connectivity index (χ2v) is 7.74. The highest BCUT2D eigenvalue weighted by molar-refractivity contribution is 5.95. The standard InChI is InChI=1S/C22H24N4O3/c1-22(2,3)18-8-10-19(11-9-18)25-20(27)13-29-21(28)17-6-4-16(5-7-17)12-26-15-23-14-24-26/h4-11,14-15H,12-13H2,1-3H3,(H,25,27). The van der Waals surface area contributed by atoms with Crippen LogP contribution in [0.15, 0.2) is 61.2 Å². The van der Waals surface area contributed by atoms with Gasteiger partial charge in [-0.05, 0) is 40.8 Å². The van der Waals surface area contributed by atoms with Gasteiger partial charge in [-0.15, -0.1) is 0 Å². The van der Waals surface area contributed by atoms with Gasteiger partial charge < -0.3 is 10.1 Å². The van der Waals surface area contributed by atoms with Crippen molar-refractivity contribution in [2.45, 2.75) is 32.7 Å². The van der Waals surface area contributed by atoms with Gasteiger partial charge in [-0.25, -0.2) is 14.5 Å². The molecule has 0 spiro atoms. The first-order valence-electron chi connectivity index (χ1n) is 9.30. The van der Waals surface area contributed by atoms with Crippen LogP contribution >= 0.6 is 0 Å². The Hall–Kier alpha value is -3.48. The first-order chi connectivity index (χ1) is 13.8. The van der Waals surface area contributed by atoms with Gasteiger partial charge in [0, 0.05) is 5.69 Å². The van der Waals surface area contributed by atoms with Crippen LogP contribution in [0.1, 0.15) is 42.3 Å². The van der Waals surface area contributed by atoms with Crippen LogP contribution in [0.2, 0.25) is 0 Å². The number of amides is 1. The molecule has 0 saturated carbocycles. The molecule has 150 valence electrons. The lowest BCUT2D eigenvalue weighted by molar-refractivity contribution is -0.119. The number of nitrogens with one attached hydrogen (secondary N) is 1. The van der Waals surface area contributed by atoms with E-state index >= 15 is 0 Å². The van der Waals surface area contributed by atoms with E-state index in [1.165, 1.54) is 11.9 Å². The maximum atomic E-state index is 12.2. The largest absolute Gasteiger partial charge is 0.452 e. The lowest BCUT2D eigenvalue weighted by Gasteiger charge is -2.19. The van der Waals surface area contributed by atoms with Gasteiger partial charge in [0.05, 0.1) is 12.1 Å². The summed E-state index contributed by atoms with van der Waals surface area (Å²) in [5.74, 6) is -0.930. The number of aromatic nitrogens is 3. The zero-order chi connectivity index (χ0) is 20.9. The number of nitrogens with zero attached hydrogens (tertiary/aromatic N) is 3. The smallest absolute Gasteiger partial charge is 0.338 e. The van der Waals surface area contributed by atoms with Gasteiger partial charge in [0.15, 0.2) is 6.61 Å². The molecule has 0 unspecified atom stereocenters. The number of hydrogen-bond donors (Lipinski definition) is 1. The van der Waals surface area contributed by atoms with Crippen LogP contribution in [0.4, 0.5) is 5.69 Å². The second kappa shape index (κ2) is 8.68. The van der Waals surface area contributed by atoms with E-state index in [-0.39, 0.29) is 17.9 Å². The molecular formula is C22H24N4O3. The Kier molecular flexibility index (Phi) is 6.07. The third-order valence-electron chi connectivity index (χ3n) is 4.37. The van der Waals surface area contributed by atoms with Crippen LogP contribution in [-0.4, -0.2) is 33.2 Å². The molecule has 1 aromatic heterocycles. The zero-order valence-corrected chi connectivity index (χ0v) is 16.8. The maximum absolute atomic E-state index is 12.2. The quantitative estimate of drug-likeness (QED) is 0.650. The molecule has 0 saturated heterocycles. The topological polar surface area (TPSA) is 86.1 Å². The van der Waals surface area contributed by atoms with E-state index in [1.54, 1.807) is 23.1 Å². The average Bonchev–Trinajstić information content (AvgIpc) is 3.19. The van der Waals surface area contributed by atoms with Crippen LogP contribution in [0.5, 0.6) is 0 Å². The molecule has 0 atom stereocenters. The molecule has 29 heavy (non-hydrogen) atoms. The molecular weight excluding hydrogens is 368 g/mol. The lowest BCUT2D eigenvalue weighted by Crippen LogP contribution is -2.21. The molecule has 7 nitrogen and oxygen atoms in total. The van der Waals surface area contributed by atoms with Gasteiger partial charge in [0.1, 0.15) is 12.7 Å². The minimum atomic E-state index is -0.546. The van der Waals surface area contributed by atoms with Gasteiger partial charge >= 0.3 is 5.97 Å². The Labute approximate surface area is 169 Å². The van der Waals surface area contributed by atoms with Crippen LogP contribution in [0.3, 0.4) is 0 Å². The normalized spacial score (nSPS) is 11.1. The minimum Gasteiger partial charge on any atom is -0.452 e. The van der Waals surface area contributed by atoms with Gasteiger partial charge in [-0.2, -0.15) is 5.10 Å². The fourth-order valence-electron chi connectivity index (χ4n) is 2.71. The van der Waals surface area contributed by atoms with Crippen LogP contribution < -0.4 is 5.32 Å². The average molecular weight is 392 g/mol. The molecule has 3 rings (SSSR count). The van der Waals surface area contributed by atoms with E-state index in [9.17, 15) is 9.59 Å². The summed E-state index contributed by atoms with van der Waals surface area (Å²) in [6.07, 6.45) is 3.09. The molecule has 0 bridgehead atoms. The summed E-state index contributed by atoms with van der Waals surface area (Å²) in [5.41, 5.74) is 3.24. The Bertz CT molecular complexity index is 957. The van der Waals surface area contributed by atoms with E-state index in [0.29, 0.717) is 17.8 Å². The number of benzene rings is 2. The van der Waals surface area contributed by atoms with Crippen molar-refractivity contribution in [3.05, 3.63) is 77.9 Å². The predicted octanol–water partition coefficient (Wildman–Crippen LogP) is 3.42. The number of hydrogen-bond acceptors (Lipinski definition) is 5. The minimum absolute atomic E-state index is 0.0445. The predicted molar refractivity (Wildman–Crippen MR) is 110 cm³/mol. The molecule has 7 heteroatoms. The first kappa shape index (κ1) is 20.3. The summed E-state index contributed by atoms with van der Waals surface area (Å²) >= 11 is 0. The van der Waals surface area contributed by atoms with Gasteiger partial charge in [-0.1, -0.05) is 45.0 Å². The molecule has 0 fully saturated rings. The molecule has 2 aromatic carbocycles. The molecule has 1 amide bonds. The number of anilines is 1. The van der Waals surface area contributed by atoms with Crippen molar-refractivity contribution in [1.82, 2.24) is 14.8 Å². The van der Waals surface area contributed by atoms with Crippen LogP contribution in [0, 0.1) is 0 Å². The molecule has 0 radical (unpaired) electrons. The number of ether oxygens (including phenoxy) is 1. The molecule has 3 aromatic rings. The van der Waals surface area contributed by atoms with Crippen molar-refractivity contribution in [2.24, 2.45) is 0 Å². The monoisotopic (exact) mass is 392 g/mol. The van der Waals surface area contributed by atoms with E-state index in [2.05, 4.69) is 36.2 Å². The fourth-order valence-corrected chi connectivity index (χ4v) is 2.71. The molecule has 0 aliphatic heterocycles. The second-order valence-electron chi connectivity index (χ2n) is 7.74. The highest BCUT2D eigenvalue weighted by Gasteiger charge is 2.14. The lowest BCUT2D eigenvalue weighted by atomic mass is 9.87. The van der Waals surface area contributed by atoms with Crippen molar-refractivity contribution in [2.75, 3.05) is 11.9 Å². The Morgan fingerprint density at radius 1 is 1.03 bits per heavy atom. The molecule has 1 heterocycles. The number of esters is 1. The van der Waals surface area contributed by atoms with Crippen molar-refractivity contribution in [1.29, 1.82) is 0 Å².